The lowest BCUT2D eigenvalue weighted by atomic mass is 10.2. The highest BCUT2D eigenvalue weighted by atomic mass is 16.5. The summed E-state index contributed by atoms with van der Waals surface area (Å²) in [5.74, 6) is 0.427. The number of fused-ring (bicyclic) bond motifs is 1. The van der Waals surface area contributed by atoms with Crippen LogP contribution in [0.15, 0.2) is 18.2 Å². The Balaban J connectivity index is 1.63. The maximum absolute atomic E-state index is 11.9. The Kier molecular flexibility index (Phi) is 3.45. The molecule has 6 heteroatoms. The van der Waals surface area contributed by atoms with Gasteiger partial charge in [-0.2, -0.15) is 0 Å². The highest BCUT2D eigenvalue weighted by Crippen LogP contribution is 2.30. The molecule has 1 aliphatic heterocycles. The predicted octanol–water partition coefficient (Wildman–Crippen LogP) is 2.08. The molecule has 0 unspecified atom stereocenters. The van der Waals surface area contributed by atoms with Gasteiger partial charge in [0.2, 0.25) is 0 Å². The van der Waals surface area contributed by atoms with Gasteiger partial charge in [-0.15, -0.1) is 0 Å². The number of amides is 3. The molecule has 6 nitrogen and oxygen atoms in total. The van der Waals surface area contributed by atoms with E-state index in [-0.39, 0.29) is 24.6 Å². The lowest BCUT2D eigenvalue weighted by Gasteiger charge is -2.19. The minimum atomic E-state index is -0.208. The SMILES string of the molecule is O=C1COc2ccc(NC(=O)NC3CCCC3)cc2N1. The number of hydrogen-bond acceptors (Lipinski definition) is 3. The Labute approximate surface area is 116 Å². The Morgan fingerprint density at radius 3 is 2.90 bits per heavy atom. The molecule has 3 N–H and O–H groups in total. The van der Waals surface area contributed by atoms with Gasteiger partial charge in [-0.25, -0.2) is 4.79 Å². The molecule has 3 rings (SSSR count). The Morgan fingerprint density at radius 1 is 1.30 bits per heavy atom. The van der Waals surface area contributed by atoms with Crippen molar-refractivity contribution in [3.63, 3.8) is 0 Å². The summed E-state index contributed by atoms with van der Waals surface area (Å²) in [6, 6.07) is 5.25. The molecule has 1 heterocycles. The van der Waals surface area contributed by atoms with Crippen molar-refractivity contribution < 1.29 is 14.3 Å². The summed E-state index contributed by atoms with van der Waals surface area (Å²) < 4.78 is 5.26. The van der Waals surface area contributed by atoms with Gasteiger partial charge in [-0.05, 0) is 31.0 Å². The fourth-order valence-electron chi connectivity index (χ4n) is 2.58. The van der Waals surface area contributed by atoms with Crippen LogP contribution in [0.1, 0.15) is 25.7 Å². The first kappa shape index (κ1) is 12.8. The quantitative estimate of drug-likeness (QED) is 0.773. The van der Waals surface area contributed by atoms with Gasteiger partial charge in [0.25, 0.3) is 5.91 Å². The lowest BCUT2D eigenvalue weighted by molar-refractivity contribution is -0.118. The van der Waals surface area contributed by atoms with Crippen LogP contribution in [0.2, 0.25) is 0 Å². The van der Waals surface area contributed by atoms with E-state index in [2.05, 4.69) is 16.0 Å². The molecule has 0 aromatic heterocycles. The first-order valence-electron chi connectivity index (χ1n) is 6.85. The smallest absolute Gasteiger partial charge is 0.319 e. The second kappa shape index (κ2) is 5.40. The topological polar surface area (TPSA) is 79.5 Å². The molecule has 0 atom stereocenters. The van der Waals surface area contributed by atoms with E-state index in [9.17, 15) is 9.59 Å². The lowest BCUT2D eigenvalue weighted by Crippen LogP contribution is -2.36. The second-order valence-electron chi connectivity index (χ2n) is 5.13. The molecular weight excluding hydrogens is 258 g/mol. The molecule has 1 fully saturated rings. The van der Waals surface area contributed by atoms with Crippen molar-refractivity contribution in [2.45, 2.75) is 31.7 Å². The van der Waals surface area contributed by atoms with E-state index >= 15 is 0 Å². The number of anilines is 2. The van der Waals surface area contributed by atoms with Gasteiger partial charge in [0.05, 0.1) is 5.69 Å². The normalized spacial score (nSPS) is 17.9. The summed E-state index contributed by atoms with van der Waals surface area (Å²) in [4.78, 5) is 23.1. The van der Waals surface area contributed by atoms with Gasteiger partial charge in [0.1, 0.15) is 5.75 Å². The maximum atomic E-state index is 11.9. The average molecular weight is 275 g/mol. The third-order valence-corrected chi connectivity index (χ3v) is 3.56. The van der Waals surface area contributed by atoms with E-state index < -0.39 is 0 Å². The van der Waals surface area contributed by atoms with Crippen molar-refractivity contribution in [2.75, 3.05) is 17.2 Å². The van der Waals surface area contributed by atoms with Crippen LogP contribution in [-0.2, 0) is 4.79 Å². The highest BCUT2D eigenvalue weighted by Gasteiger charge is 2.18. The monoisotopic (exact) mass is 275 g/mol. The molecule has 1 saturated carbocycles. The maximum Gasteiger partial charge on any atom is 0.319 e. The van der Waals surface area contributed by atoms with Crippen LogP contribution in [0, 0.1) is 0 Å². The molecule has 1 aromatic carbocycles. The number of hydrogen-bond donors (Lipinski definition) is 3. The van der Waals surface area contributed by atoms with E-state index in [1.807, 2.05) is 0 Å². The average Bonchev–Trinajstić information content (AvgIpc) is 2.91. The number of nitrogens with one attached hydrogen (secondary N) is 3. The summed E-state index contributed by atoms with van der Waals surface area (Å²) in [6.07, 6.45) is 4.43. The number of urea groups is 1. The van der Waals surface area contributed by atoms with Crippen LogP contribution >= 0.6 is 0 Å². The molecule has 0 spiro atoms. The van der Waals surface area contributed by atoms with Gasteiger partial charge < -0.3 is 20.7 Å². The van der Waals surface area contributed by atoms with Crippen molar-refractivity contribution >= 4 is 23.3 Å². The number of carbonyl (C=O) groups excluding carboxylic acids is 2. The molecular formula is C14H17N3O3. The summed E-state index contributed by atoms with van der Waals surface area (Å²) in [7, 11) is 0. The van der Waals surface area contributed by atoms with Crippen molar-refractivity contribution in [3.05, 3.63) is 18.2 Å². The van der Waals surface area contributed by atoms with E-state index in [0.29, 0.717) is 17.1 Å². The third kappa shape index (κ3) is 2.84. The van der Waals surface area contributed by atoms with Crippen LogP contribution < -0.4 is 20.7 Å². The Hall–Kier alpha value is -2.24. The van der Waals surface area contributed by atoms with Gasteiger partial charge in [-0.3, -0.25) is 4.79 Å². The van der Waals surface area contributed by atoms with Crippen molar-refractivity contribution in [3.8, 4) is 5.75 Å². The molecule has 3 amide bonds. The standard InChI is InChI=1S/C14H17N3O3/c18-13-8-20-12-6-5-10(7-11(12)17-13)16-14(19)15-9-3-1-2-4-9/h5-7,9H,1-4,8H2,(H,17,18)(H2,15,16,19). The van der Waals surface area contributed by atoms with Crippen LogP contribution in [-0.4, -0.2) is 24.6 Å². The van der Waals surface area contributed by atoms with Crippen molar-refractivity contribution in [1.29, 1.82) is 0 Å². The van der Waals surface area contributed by atoms with Crippen LogP contribution in [0.25, 0.3) is 0 Å². The molecule has 1 aromatic rings. The first-order chi connectivity index (χ1) is 9.70. The molecule has 0 saturated heterocycles. The predicted molar refractivity (Wildman–Crippen MR) is 75.0 cm³/mol. The third-order valence-electron chi connectivity index (χ3n) is 3.56. The number of ether oxygens (including phenoxy) is 1. The van der Waals surface area contributed by atoms with E-state index in [0.717, 1.165) is 12.8 Å². The summed E-state index contributed by atoms with van der Waals surface area (Å²) >= 11 is 0. The number of rotatable bonds is 2. The fourth-order valence-corrected chi connectivity index (χ4v) is 2.58. The van der Waals surface area contributed by atoms with Crippen molar-refractivity contribution in [1.82, 2.24) is 5.32 Å². The van der Waals surface area contributed by atoms with E-state index in [4.69, 9.17) is 4.74 Å². The van der Waals surface area contributed by atoms with Crippen molar-refractivity contribution in [2.24, 2.45) is 0 Å². The van der Waals surface area contributed by atoms with Crippen LogP contribution in [0.5, 0.6) is 5.75 Å². The zero-order chi connectivity index (χ0) is 13.9. The summed E-state index contributed by atoms with van der Waals surface area (Å²) in [5.41, 5.74) is 1.21. The first-order valence-corrected chi connectivity index (χ1v) is 6.85. The van der Waals surface area contributed by atoms with Gasteiger partial charge in [-0.1, -0.05) is 12.8 Å². The highest BCUT2D eigenvalue weighted by molar-refractivity contribution is 5.97. The minimum Gasteiger partial charge on any atom is -0.482 e. The number of benzene rings is 1. The van der Waals surface area contributed by atoms with Gasteiger partial charge in [0.15, 0.2) is 6.61 Å². The summed E-state index contributed by atoms with van der Waals surface area (Å²) in [5, 5.41) is 8.44. The summed E-state index contributed by atoms with van der Waals surface area (Å²) in [6.45, 7) is 0.0297. The van der Waals surface area contributed by atoms with Crippen LogP contribution in [0.3, 0.4) is 0 Å². The molecule has 0 bridgehead atoms. The number of carbonyl (C=O) groups is 2. The molecule has 20 heavy (non-hydrogen) atoms. The zero-order valence-electron chi connectivity index (χ0n) is 11.1. The van der Waals surface area contributed by atoms with E-state index in [1.165, 1.54) is 12.8 Å². The molecule has 1 aliphatic carbocycles. The van der Waals surface area contributed by atoms with Gasteiger partial charge in [0, 0.05) is 11.7 Å². The van der Waals surface area contributed by atoms with E-state index in [1.54, 1.807) is 18.2 Å². The minimum absolute atomic E-state index is 0.0297. The Bertz CT molecular complexity index is 538. The molecule has 0 radical (unpaired) electrons. The van der Waals surface area contributed by atoms with Gasteiger partial charge >= 0.3 is 6.03 Å². The largest absolute Gasteiger partial charge is 0.482 e. The van der Waals surface area contributed by atoms with Crippen LogP contribution in [0.4, 0.5) is 16.2 Å². The second-order valence-corrected chi connectivity index (χ2v) is 5.13. The Morgan fingerprint density at radius 2 is 2.10 bits per heavy atom. The molecule has 2 aliphatic rings. The molecule has 106 valence electrons. The fraction of sp³-hybridized carbons (Fsp3) is 0.429. The zero-order valence-corrected chi connectivity index (χ0v) is 11.1.